The Balaban J connectivity index is 2.24. The summed E-state index contributed by atoms with van der Waals surface area (Å²) in [6.07, 6.45) is 0.253. The van der Waals surface area contributed by atoms with Crippen molar-refractivity contribution in [3.63, 3.8) is 0 Å². The van der Waals surface area contributed by atoms with Gasteiger partial charge in [0, 0.05) is 12.6 Å². The lowest BCUT2D eigenvalue weighted by Gasteiger charge is -2.48. The van der Waals surface area contributed by atoms with Crippen molar-refractivity contribution in [2.24, 2.45) is 5.92 Å². The van der Waals surface area contributed by atoms with Crippen LogP contribution in [0.25, 0.3) is 0 Å². The Bertz CT molecular complexity index is 744. The lowest BCUT2D eigenvalue weighted by atomic mass is 9.83. The van der Waals surface area contributed by atoms with Crippen molar-refractivity contribution in [2.75, 3.05) is 24.9 Å². The van der Waals surface area contributed by atoms with E-state index in [1.54, 1.807) is 31.2 Å². The third-order valence-corrected chi connectivity index (χ3v) is 4.49. The maximum Gasteiger partial charge on any atom is 0.302 e. The summed E-state index contributed by atoms with van der Waals surface area (Å²) in [6, 6.07) is 6.21. The van der Waals surface area contributed by atoms with Gasteiger partial charge in [-0.3, -0.25) is 13.8 Å². The number of rotatable bonds is 7. The summed E-state index contributed by atoms with van der Waals surface area (Å²) in [5.41, 5.74) is 0.583. The van der Waals surface area contributed by atoms with E-state index in [1.165, 1.54) is 18.9 Å². The quantitative estimate of drug-likeness (QED) is 0.400. The van der Waals surface area contributed by atoms with Gasteiger partial charge >= 0.3 is 5.97 Å². The van der Waals surface area contributed by atoms with Gasteiger partial charge in [0.15, 0.2) is 0 Å². The van der Waals surface area contributed by atoms with E-state index in [4.69, 9.17) is 13.7 Å². The number of hydrogen-bond donors (Lipinski definition) is 0. The van der Waals surface area contributed by atoms with Crippen LogP contribution in [0.4, 0.5) is 5.69 Å². The van der Waals surface area contributed by atoms with E-state index >= 15 is 0 Å². The molecule has 0 unspecified atom stereocenters. The third kappa shape index (κ3) is 4.49. The van der Waals surface area contributed by atoms with Crippen molar-refractivity contribution in [1.29, 1.82) is 0 Å². The number of methoxy groups -OCH3 is 1. The van der Waals surface area contributed by atoms with Gasteiger partial charge in [-0.25, -0.2) is 0 Å². The maximum atomic E-state index is 12.6. The fourth-order valence-electron chi connectivity index (χ4n) is 2.85. The zero-order valence-corrected chi connectivity index (χ0v) is 15.3. The molecule has 1 aromatic carbocycles. The molecule has 1 aliphatic rings. The normalized spacial score (nSPS) is 21.4. The molecule has 9 heteroatoms. The van der Waals surface area contributed by atoms with Gasteiger partial charge in [0.2, 0.25) is 5.91 Å². The number of anilines is 1. The molecule has 0 N–H and O–H groups in total. The molecule has 1 fully saturated rings. The summed E-state index contributed by atoms with van der Waals surface area (Å²) in [5.74, 6) is -0.815. The fraction of sp³-hybridized carbons (Fsp3) is 0.500. The number of esters is 1. The zero-order chi connectivity index (χ0) is 18.8. The molecule has 0 spiro atoms. The molecule has 0 radical (unpaired) electrons. The van der Waals surface area contributed by atoms with Crippen LogP contribution in [0.2, 0.25) is 0 Å². The Hall–Kier alpha value is -2.13. The second-order valence-electron chi connectivity index (χ2n) is 5.80. The summed E-state index contributed by atoms with van der Waals surface area (Å²) in [6.45, 7) is 2.64. The standard InChI is InChI=1S/C16H21NO7S/c1-10(24-11(2)18)15-14(9-23-25(4,20)21)17(16(15)19)12-5-7-13(22-3)8-6-12/h5-8,10,14-15H,9H2,1-4H3/t10-,14+,15+/m1/s1. The number of carbonyl (C=O) groups excluding carboxylic acids is 2. The number of β-lactam (4-membered cyclic amide) rings is 1. The molecule has 1 heterocycles. The maximum absolute atomic E-state index is 12.6. The van der Waals surface area contributed by atoms with Gasteiger partial charge in [-0.05, 0) is 31.2 Å². The Morgan fingerprint density at radius 2 is 1.88 bits per heavy atom. The number of hydrogen-bond acceptors (Lipinski definition) is 7. The molecule has 25 heavy (non-hydrogen) atoms. The number of ether oxygens (including phenoxy) is 2. The average Bonchev–Trinajstić information content (AvgIpc) is 2.50. The fourth-order valence-corrected chi connectivity index (χ4v) is 3.24. The first kappa shape index (κ1) is 19.2. The highest BCUT2D eigenvalue weighted by atomic mass is 32.2. The molecule has 0 aliphatic carbocycles. The number of benzene rings is 1. The molecule has 3 atom stereocenters. The van der Waals surface area contributed by atoms with Crippen molar-refractivity contribution in [3.8, 4) is 5.75 Å². The van der Waals surface area contributed by atoms with Crippen LogP contribution in [0.1, 0.15) is 13.8 Å². The topological polar surface area (TPSA) is 99.2 Å². The minimum atomic E-state index is -3.67. The van der Waals surface area contributed by atoms with E-state index in [1.807, 2.05) is 0 Å². The highest BCUT2D eigenvalue weighted by molar-refractivity contribution is 7.85. The van der Waals surface area contributed by atoms with E-state index < -0.39 is 34.2 Å². The molecule has 2 rings (SSSR count). The van der Waals surface area contributed by atoms with E-state index in [0.29, 0.717) is 11.4 Å². The Labute approximate surface area is 146 Å². The SMILES string of the molecule is COc1ccc(N2C(=O)[C@@H]([C@@H](C)OC(C)=O)[C@@H]2COS(C)(=O)=O)cc1. The summed E-state index contributed by atoms with van der Waals surface area (Å²) < 4.78 is 37.7. The second-order valence-corrected chi connectivity index (χ2v) is 7.45. The molecule has 0 aromatic heterocycles. The molecule has 1 amide bonds. The molecule has 1 saturated heterocycles. The average molecular weight is 371 g/mol. The molecular weight excluding hydrogens is 350 g/mol. The molecule has 138 valence electrons. The highest BCUT2D eigenvalue weighted by Gasteiger charge is 2.52. The van der Waals surface area contributed by atoms with Crippen LogP contribution < -0.4 is 9.64 Å². The monoisotopic (exact) mass is 371 g/mol. The predicted molar refractivity (Wildman–Crippen MR) is 89.8 cm³/mol. The Morgan fingerprint density at radius 3 is 2.36 bits per heavy atom. The van der Waals surface area contributed by atoms with Crippen molar-refractivity contribution in [3.05, 3.63) is 24.3 Å². The van der Waals surface area contributed by atoms with E-state index in [2.05, 4.69) is 0 Å². The highest BCUT2D eigenvalue weighted by Crippen LogP contribution is 2.36. The molecule has 0 bridgehead atoms. The van der Waals surface area contributed by atoms with Crippen LogP contribution in [-0.4, -0.2) is 52.4 Å². The summed E-state index contributed by atoms with van der Waals surface area (Å²) in [7, 11) is -2.14. The molecule has 1 aliphatic heterocycles. The lowest BCUT2D eigenvalue weighted by molar-refractivity contribution is -0.154. The minimum Gasteiger partial charge on any atom is -0.497 e. The van der Waals surface area contributed by atoms with Gasteiger partial charge in [-0.2, -0.15) is 8.42 Å². The van der Waals surface area contributed by atoms with Gasteiger partial charge in [-0.15, -0.1) is 0 Å². The van der Waals surface area contributed by atoms with Crippen molar-refractivity contribution in [2.45, 2.75) is 26.0 Å². The van der Waals surface area contributed by atoms with Crippen LogP contribution in [0.3, 0.4) is 0 Å². The Kier molecular flexibility index (Phi) is 5.69. The number of amides is 1. The van der Waals surface area contributed by atoms with Crippen LogP contribution >= 0.6 is 0 Å². The molecule has 8 nitrogen and oxygen atoms in total. The minimum absolute atomic E-state index is 0.215. The third-order valence-electron chi connectivity index (χ3n) is 3.93. The van der Waals surface area contributed by atoms with Gasteiger partial charge in [0.05, 0.1) is 31.9 Å². The van der Waals surface area contributed by atoms with Crippen molar-refractivity contribution < 1.29 is 31.7 Å². The van der Waals surface area contributed by atoms with Crippen LogP contribution in [0.15, 0.2) is 24.3 Å². The number of nitrogens with zero attached hydrogens (tertiary/aromatic N) is 1. The first-order valence-corrected chi connectivity index (χ1v) is 9.44. The van der Waals surface area contributed by atoms with Gasteiger partial charge in [0.25, 0.3) is 10.1 Å². The molecule has 1 aromatic rings. The van der Waals surface area contributed by atoms with Gasteiger partial charge < -0.3 is 14.4 Å². The van der Waals surface area contributed by atoms with Crippen LogP contribution in [-0.2, 0) is 28.6 Å². The van der Waals surface area contributed by atoms with Crippen LogP contribution in [0, 0.1) is 5.92 Å². The zero-order valence-electron chi connectivity index (χ0n) is 14.5. The lowest BCUT2D eigenvalue weighted by Crippen LogP contribution is -2.66. The smallest absolute Gasteiger partial charge is 0.302 e. The summed E-state index contributed by atoms with van der Waals surface area (Å²) in [4.78, 5) is 25.2. The first-order chi connectivity index (χ1) is 11.6. The number of carbonyl (C=O) groups is 2. The van der Waals surface area contributed by atoms with Gasteiger partial charge in [0.1, 0.15) is 11.9 Å². The van der Waals surface area contributed by atoms with Gasteiger partial charge in [-0.1, -0.05) is 0 Å². The predicted octanol–water partition coefficient (Wildman–Crippen LogP) is 0.954. The van der Waals surface area contributed by atoms with E-state index in [9.17, 15) is 18.0 Å². The van der Waals surface area contributed by atoms with Crippen molar-refractivity contribution in [1.82, 2.24) is 0 Å². The first-order valence-electron chi connectivity index (χ1n) is 7.63. The largest absolute Gasteiger partial charge is 0.497 e. The molecule has 0 saturated carbocycles. The summed E-state index contributed by atoms with van der Waals surface area (Å²) >= 11 is 0. The molecular formula is C16H21NO7S. The van der Waals surface area contributed by atoms with E-state index in [0.717, 1.165) is 6.26 Å². The second kappa shape index (κ2) is 7.40. The summed E-state index contributed by atoms with van der Waals surface area (Å²) in [5, 5.41) is 0. The Morgan fingerprint density at radius 1 is 1.28 bits per heavy atom. The van der Waals surface area contributed by atoms with Crippen LogP contribution in [0.5, 0.6) is 5.75 Å². The van der Waals surface area contributed by atoms with E-state index in [-0.39, 0.29) is 12.5 Å². The van der Waals surface area contributed by atoms with Crippen molar-refractivity contribution >= 4 is 27.7 Å².